The molecule has 2 heterocycles. The van der Waals surface area contributed by atoms with Crippen molar-refractivity contribution < 1.29 is 0 Å². The molecule has 0 amide bonds. The van der Waals surface area contributed by atoms with E-state index in [0.29, 0.717) is 0 Å². The molecule has 0 atom stereocenters. The van der Waals surface area contributed by atoms with Crippen molar-refractivity contribution in [3.8, 4) is 55.9 Å². The molecule has 0 bridgehead atoms. The molecule has 2 aromatic heterocycles. The van der Waals surface area contributed by atoms with Gasteiger partial charge in [-0.05, 0) is 128 Å². The molecule has 280 valence electrons. The van der Waals surface area contributed by atoms with Crippen molar-refractivity contribution in [1.29, 1.82) is 0 Å². The topological polar surface area (TPSA) is 9.86 Å². The molecule has 0 spiro atoms. The maximum atomic E-state index is 2.40. The summed E-state index contributed by atoms with van der Waals surface area (Å²) in [5, 5.41) is 7.54. The van der Waals surface area contributed by atoms with Gasteiger partial charge in [-0.1, -0.05) is 158 Å². The number of fused-ring (bicyclic) bond motifs is 7. The van der Waals surface area contributed by atoms with Crippen LogP contribution in [0.15, 0.2) is 231 Å². The summed E-state index contributed by atoms with van der Waals surface area (Å²) in [4.78, 5) is 0. The van der Waals surface area contributed by atoms with Crippen LogP contribution in [0.3, 0.4) is 0 Å². The molecule has 0 saturated heterocycles. The Balaban J connectivity index is 0.881. The van der Waals surface area contributed by atoms with Gasteiger partial charge in [0.1, 0.15) is 0 Å². The average Bonchev–Trinajstić information content (AvgIpc) is 3.84. The molecule has 2 heteroatoms. The monoisotopic (exact) mass is 762 g/mol. The van der Waals surface area contributed by atoms with Crippen molar-refractivity contribution in [3.63, 3.8) is 0 Å². The minimum absolute atomic E-state index is 1.16. The zero-order chi connectivity index (χ0) is 39.6. The number of para-hydroxylation sites is 3. The molecule has 0 unspecified atom stereocenters. The molecule has 0 N–H and O–H groups in total. The quantitative estimate of drug-likeness (QED) is 0.160. The largest absolute Gasteiger partial charge is 0.309 e. The first-order chi connectivity index (χ1) is 29.7. The molecule has 2 nitrogen and oxygen atoms in total. The van der Waals surface area contributed by atoms with E-state index in [1.54, 1.807) is 0 Å². The second kappa shape index (κ2) is 13.9. The van der Waals surface area contributed by atoms with E-state index in [1.807, 2.05) is 0 Å². The molecule has 0 aliphatic heterocycles. The highest BCUT2D eigenvalue weighted by molar-refractivity contribution is 6.12. The third-order valence-corrected chi connectivity index (χ3v) is 12.3. The van der Waals surface area contributed by atoms with Crippen LogP contribution in [0.4, 0.5) is 0 Å². The first kappa shape index (κ1) is 34.1. The smallest absolute Gasteiger partial charge is 0.0541 e. The summed E-state index contributed by atoms with van der Waals surface area (Å²) in [6.07, 6.45) is 0. The molecule has 0 fully saturated rings. The van der Waals surface area contributed by atoms with Gasteiger partial charge in [-0.15, -0.1) is 0 Å². The molecule has 60 heavy (non-hydrogen) atoms. The lowest BCUT2D eigenvalue weighted by molar-refractivity contribution is 1.18. The standard InChI is InChI=1S/C58H38N2/c1-3-13-49(14-4-1)59-55-18-10-9-17-51(55)52-36-46(29-32-56(52)59)42-23-19-40(20-24-42)41-21-25-43(26-22-41)47-30-33-57-53(37-47)54-38-48(45-28-27-39-11-7-8-12-44(39)35-45)31-34-58(54)60(57)50-15-5-2-6-16-50/h1-38H. The van der Waals surface area contributed by atoms with Crippen molar-refractivity contribution in [2.75, 3.05) is 0 Å². The summed E-state index contributed by atoms with van der Waals surface area (Å²) < 4.78 is 4.76. The molecule has 0 saturated carbocycles. The number of hydrogen-bond acceptors (Lipinski definition) is 0. The second-order valence-corrected chi connectivity index (χ2v) is 15.8. The fourth-order valence-corrected chi connectivity index (χ4v) is 9.32. The van der Waals surface area contributed by atoms with Crippen LogP contribution < -0.4 is 0 Å². The summed E-state index contributed by atoms with van der Waals surface area (Å²) in [6, 6.07) is 84.2. The number of aromatic nitrogens is 2. The van der Waals surface area contributed by atoms with E-state index in [0.717, 1.165) is 5.69 Å². The predicted octanol–water partition coefficient (Wildman–Crippen LogP) is 15.7. The molecule has 0 aliphatic rings. The zero-order valence-corrected chi connectivity index (χ0v) is 32.8. The predicted molar refractivity (Wildman–Crippen MR) is 254 cm³/mol. The van der Waals surface area contributed by atoms with Crippen LogP contribution >= 0.6 is 0 Å². The van der Waals surface area contributed by atoms with E-state index < -0.39 is 0 Å². The Labute approximate surface area is 348 Å². The highest BCUT2D eigenvalue weighted by atomic mass is 15.0. The maximum absolute atomic E-state index is 2.40. The zero-order valence-electron chi connectivity index (χ0n) is 32.8. The first-order valence-corrected chi connectivity index (χ1v) is 20.7. The third kappa shape index (κ3) is 5.65. The molecule has 0 radical (unpaired) electrons. The van der Waals surface area contributed by atoms with E-state index >= 15 is 0 Å². The van der Waals surface area contributed by atoms with Crippen LogP contribution in [0.25, 0.3) is 110 Å². The van der Waals surface area contributed by atoms with Crippen molar-refractivity contribution in [2.24, 2.45) is 0 Å². The number of benzene rings is 10. The molecular formula is C58H38N2. The van der Waals surface area contributed by atoms with Gasteiger partial charge < -0.3 is 9.13 Å². The maximum Gasteiger partial charge on any atom is 0.0541 e. The van der Waals surface area contributed by atoms with Crippen LogP contribution in [0.1, 0.15) is 0 Å². The Kier molecular flexibility index (Phi) is 7.89. The number of rotatable bonds is 6. The normalized spacial score (nSPS) is 11.7. The van der Waals surface area contributed by atoms with Gasteiger partial charge in [-0.25, -0.2) is 0 Å². The van der Waals surface area contributed by atoms with Gasteiger partial charge in [-0.3, -0.25) is 0 Å². The van der Waals surface area contributed by atoms with Crippen molar-refractivity contribution >= 4 is 54.4 Å². The fraction of sp³-hybridized carbons (Fsp3) is 0. The summed E-state index contributed by atoms with van der Waals surface area (Å²) in [7, 11) is 0. The van der Waals surface area contributed by atoms with Gasteiger partial charge in [0, 0.05) is 32.9 Å². The van der Waals surface area contributed by atoms with Gasteiger partial charge in [0.2, 0.25) is 0 Å². The third-order valence-electron chi connectivity index (χ3n) is 12.3. The van der Waals surface area contributed by atoms with E-state index in [-0.39, 0.29) is 0 Å². The summed E-state index contributed by atoms with van der Waals surface area (Å²) in [5.74, 6) is 0. The van der Waals surface area contributed by atoms with E-state index in [1.165, 1.54) is 105 Å². The minimum atomic E-state index is 1.16. The lowest BCUT2D eigenvalue weighted by Gasteiger charge is -2.09. The molecule has 10 aromatic carbocycles. The van der Waals surface area contributed by atoms with Crippen molar-refractivity contribution in [1.82, 2.24) is 9.13 Å². The van der Waals surface area contributed by atoms with Gasteiger partial charge in [0.15, 0.2) is 0 Å². The van der Waals surface area contributed by atoms with Crippen LogP contribution in [0.5, 0.6) is 0 Å². The highest BCUT2D eigenvalue weighted by Crippen LogP contribution is 2.39. The lowest BCUT2D eigenvalue weighted by Crippen LogP contribution is -1.93. The summed E-state index contributed by atoms with van der Waals surface area (Å²) in [5.41, 5.74) is 16.9. The Morgan fingerprint density at radius 3 is 1.05 bits per heavy atom. The highest BCUT2D eigenvalue weighted by Gasteiger charge is 2.16. The minimum Gasteiger partial charge on any atom is -0.309 e. The van der Waals surface area contributed by atoms with E-state index in [9.17, 15) is 0 Å². The van der Waals surface area contributed by atoms with Gasteiger partial charge in [0.25, 0.3) is 0 Å². The average molecular weight is 763 g/mol. The second-order valence-electron chi connectivity index (χ2n) is 15.8. The number of nitrogens with zero attached hydrogens (tertiary/aromatic N) is 2. The molecule has 12 rings (SSSR count). The summed E-state index contributed by atoms with van der Waals surface area (Å²) in [6.45, 7) is 0. The van der Waals surface area contributed by atoms with E-state index in [4.69, 9.17) is 0 Å². The van der Waals surface area contributed by atoms with Crippen molar-refractivity contribution in [3.05, 3.63) is 231 Å². The lowest BCUT2D eigenvalue weighted by atomic mass is 9.96. The van der Waals surface area contributed by atoms with Crippen LogP contribution in [-0.4, -0.2) is 9.13 Å². The number of hydrogen-bond donors (Lipinski definition) is 0. The molecule has 12 aromatic rings. The Morgan fingerprint density at radius 1 is 0.200 bits per heavy atom. The Bertz CT molecular complexity index is 3550. The van der Waals surface area contributed by atoms with Crippen molar-refractivity contribution in [2.45, 2.75) is 0 Å². The van der Waals surface area contributed by atoms with Crippen LogP contribution in [0.2, 0.25) is 0 Å². The molecular weight excluding hydrogens is 725 g/mol. The van der Waals surface area contributed by atoms with Gasteiger partial charge >= 0.3 is 0 Å². The van der Waals surface area contributed by atoms with E-state index in [2.05, 4.69) is 240 Å². The van der Waals surface area contributed by atoms with Gasteiger partial charge in [-0.2, -0.15) is 0 Å². The Hall–Kier alpha value is -7.94. The summed E-state index contributed by atoms with van der Waals surface area (Å²) >= 11 is 0. The van der Waals surface area contributed by atoms with Gasteiger partial charge in [0.05, 0.1) is 22.1 Å². The first-order valence-electron chi connectivity index (χ1n) is 20.7. The Morgan fingerprint density at radius 2 is 0.533 bits per heavy atom. The molecule has 0 aliphatic carbocycles. The van der Waals surface area contributed by atoms with Crippen LogP contribution in [0, 0.1) is 0 Å². The fourth-order valence-electron chi connectivity index (χ4n) is 9.32. The SMILES string of the molecule is c1ccc(-n2c3ccccc3c3cc(-c4ccc(-c5ccc(-c6ccc7c(c6)c6cc(-c8ccc9ccccc9c8)ccc6n7-c6ccccc6)cc5)cc4)ccc32)cc1. The van der Waals surface area contributed by atoms with Crippen LogP contribution in [-0.2, 0) is 0 Å².